The molecule has 4 nitrogen and oxygen atoms in total. The molecule has 0 bridgehead atoms. The van der Waals surface area contributed by atoms with Gasteiger partial charge in [0.25, 0.3) is 0 Å². The molecule has 0 spiro atoms. The van der Waals surface area contributed by atoms with E-state index in [1.165, 1.54) is 89.9 Å². The molecular formula is C22H46N2O2. The van der Waals surface area contributed by atoms with Crippen molar-refractivity contribution in [2.45, 2.75) is 123 Å². The van der Waals surface area contributed by atoms with Crippen LogP contribution in [-0.4, -0.2) is 19.1 Å². The van der Waals surface area contributed by atoms with Gasteiger partial charge >= 0.3 is 6.03 Å². The Hall–Kier alpha value is -0.610. The van der Waals surface area contributed by atoms with Crippen LogP contribution in [0.4, 0.5) is 4.79 Å². The van der Waals surface area contributed by atoms with Crippen molar-refractivity contribution in [3.05, 3.63) is 5.21 Å². The highest BCUT2D eigenvalue weighted by atomic mass is 16.5. The summed E-state index contributed by atoms with van der Waals surface area (Å²) in [4.78, 5) is 11.4. The molecule has 4 heteroatoms. The molecule has 0 aliphatic carbocycles. The van der Waals surface area contributed by atoms with Gasteiger partial charge in [0.2, 0.25) is 0 Å². The van der Waals surface area contributed by atoms with Crippen LogP contribution in [-0.2, 0) is 0 Å². The van der Waals surface area contributed by atoms with Gasteiger partial charge in [-0.15, -0.1) is 0 Å². The molecule has 1 unspecified atom stereocenters. The van der Waals surface area contributed by atoms with Crippen molar-refractivity contribution in [1.29, 1.82) is 0 Å². The van der Waals surface area contributed by atoms with E-state index in [4.69, 9.17) is 0 Å². The molecule has 2 amide bonds. The first-order valence-electron chi connectivity index (χ1n) is 11.5. The third kappa shape index (κ3) is 18.2. The van der Waals surface area contributed by atoms with E-state index in [1.54, 1.807) is 0 Å². The standard InChI is InChI=1S/C22H46N2O2/c1-3-5-6-7-8-9-10-11-12-13-14-15-16-17-18-19-20-23-22(25)24(26)21-4-2/h24H,3-21H2,1-2H3,(H,23,25). The van der Waals surface area contributed by atoms with Crippen molar-refractivity contribution >= 4 is 6.03 Å². The first kappa shape index (κ1) is 25.4. The maximum atomic E-state index is 11.4. The molecule has 0 fully saturated rings. The highest BCUT2D eigenvalue weighted by molar-refractivity contribution is 5.64. The van der Waals surface area contributed by atoms with Crippen molar-refractivity contribution in [1.82, 2.24) is 5.32 Å². The van der Waals surface area contributed by atoms with Gasteiger partial charge < -0.3 is 10.5 Å². The van der Waals surface area contributed by atoms with Gasteiger partial charge in [0.1, 0.15) is 0 Å². The molecule has 0 saturated heterocycles. The van der Waals surface area contributed by atoms with E-state index in [0.717, 1.165) is 19.3 Å². The summed E-state index contributed by atoms with van der Waals surface area (Å²) in [5.41, 5.74) is 0. The summed E-state index contributed by atoms with van der Waals surface area (Å²) >= 11 is 0. The number of unbranched alkanes of at least 4 members (excludes halogenated alkanes) is 15. The molecule has 0 aliphatic rings. The highest BCUT2D eigenvalue weighted by Crippen LogP contribution is 2.13. The second kappa shape index (κ2) is 20.7. The van der Waals surface area contributed by atoms with Crippen LogP contribution in [0.25, 0.3) is 0 Å². The molecule has 0 heterocycles. The molecule has 26 heavy (non-hydrogen) atoms. The van der Waals surface area contributed by atoms with Gasteiger partial charge in [-0.05, 0) is 12.8 Å². The van der Waals surface area contributed by atoms with Crippen LogP contribution < -0.4 is 10.4 Å². The first-order valence-corrected chi connectivity index (χ1v) is 11.5. The molecule has 1 atom stereocenters. The second-order valence-corrected chi connectivity index (χ2v) is 7.73. The van der Waals surface area contributed by atoms with Crippen molar-refractivity contribution in [2.24, 2.45) is 0 Å². The molecule has 2 N–H and O–H groups in total. The van der Waals surface area contributed by atoms with Crippen molar-refractivity contribution in [3.8, 4) is 0 Å². The Labute approximate surface area is 163 Å². The number of hydrogen-bond acceptors (Lipinski definition) is 2. The predicted molar refractivity (Wildman–Crippen MR) is 112 cm³/mol. The molecule has 0 aliphatic heterocycles. The average Bonchev–Trinajstić information content (AvgIpc) is 2.64. The third-order valence-corrected chi connectivity index (χ3v) is 5.05. The number of nitrogens with one attached hydrogen (secondary N) is 2. The number of urea groups is 1. The van der Waals surface area contributed by atoms with Crippen molar-refractivity contribution in [2.75, 3.05) is 13.1 Å². The maximum Gasteiger partial charge on any atom is 0.414 e. The van der Waals surface area contributed by atoms with Crippen LogP contribution in [0.3, 0.4) is 0 Å². The lowest BCUT2D eigenvalue weighted by Gasteiger charge is -2.18. The number of amides is 2. The van der Waals surface area contributed by atoms with E-state index >= 15 is 0 Å². The maximum absolute atomic E-state index is 11.4. The summed E-state index contributed by atoms with van der Waals surface area (Å²) in [5, 5.41) is 13.8. The van der Waals surface area contributed by atoms with Gasteiger partial charge in [0.05, 0.1) is 6.54 Å². The topological polar surface area (TPSA) is 56.6 Å². The SMILES string of the molecule is CCCCCCCCCCCCCCCCCCNC(=O)[NH+]([O-])CCC. The van der Waals surface area contributed by atoms with Gasteiger partial charge in [0, 0.05) is 6.54 Å². The van der Waals surface area contributed by atoms with Crippen LogP contribution in [0.2, 0.25) is 0 Å². The van der Waals surface area contributed by atoms with E-state index in [2.05, 4.69) is 12.2 Å². The van der Waals surface area contributed by atoms with E-state index in [0.29, 0.717) is 13.1 Å². The summed E-state index contributed by atoms with van der Waals surface area (Å²) in [6.07, 6.45) is 22.3. The quantitative estimate of drug-likeness (QED) is 0.225. The smallest absolute Gasteiger partial charge is 0.414 e. The zero-order chi connectivity index (χ0) is 19.3. The van der Waals surface area contributed by atoms with Crippen molar-refractivity contribution < 1.29 is 9.86 Å². The first-order chi connectivity index (χ1) is 12.7. The Bertz CT molecular complexity index is 298. The summed E-state index contributed by atoms with van der Waals surface area (Å²) in [5.74, 6) is 0. The van der Waals surface area contributed by atoms with Crippen LogP contribution >= 0.6 is 0 Å². The Morgan fingerprint density at radius 3 is 1.42 bits per heavy atom. The van der Waals surface area contributed by atoms with E-state index in [-0.39, 0.29) is 5.06 Å². The Morgan fingerprint density at radius 1 is 0.654 bits per heavy atom. The van der Waals surface area contributed by atoms with Gasteiger partial charge in [-0.25, -0.2) is 4.79 Å². The molecule has 156 valence electrons. The number of rotatable bonds is 19. The fourth-order valence-electron chi connectivity index (χ4n) is 3.31. The number of carbonyl (C=O) groups is 1. The summed E-state index contributed by atoms with van der Waals surface area (Å²) in [7, 11) is 0. The highest BCUT2D eigenvalue weighted by Gasteiger charge is 2.07. The number of hydrogen-bond donors (Lipinski definition) is 2. The summed E-state index contributed by atoms with van der Waals surface area (Å²) < 4.78 is 0. The predicted octanol–water partition coefficient (Wildman–Crippen LogP) is 5.75. The van der Waals surface area contributed by atoms with Crippen LogP contribution in [0.5, 0.6) is 0 Å². The third-order valence-electron chi connectivity index (χ3n) is 5.05. The van der Waals surface area contributed by atoms with E-state index < -0.39 is 6.03 Å². The summed E-state index contributed by atoms with van der Waals surface area (Å²) in [6, 6.07) is -0.396. The molecular weight excluding hydrogens is 324 g/mol. The number of carbonyl (C=O) groups excluding carboxylic acids is 1. The minimum Gasteiger partial charge on any atom is -0.625 e. The van der Waals surface area contributed by atoms with Gasteiger partial charge in [-0.2, -0.15) is 0 Å². The fourth-order valence-corrected chi connectivity index (χ4v) is 3.31. The molecule has 0 radical (unpaired) electrons. The zero-order valence-electron chi connectivity index (χ0n) is 17.8. The lowest BCUT2D eigenvalue weighted by Crippen LogP contribution is -3.11. The Morgan fingerprint density at radius 2 is 1.04 bits per heavy atom. The molecule has 0 aromatic heterocycles. The zero-order valence-corrected chi connectivity index (χ0v) is 17.8. The molecule has 0 aromatic rings. The largest absolute Gasteiger partial charge is 0.625 e. The van der Waals surface area contributed by atoms with Crippen LogP contribution in [0.1, 0.15) is 123 Å². The molecule has 0 saturated carbocycles. The van der Waals surface area contributed by atoms with Crippen LogP contribution in [0, 0.1) is 5.21 Å². The normalized spacial score (nSPS) is 12.3. The van der Waals surface area contributed by atoms with Crippen molar-refractivity contribution in [3.63, 3.8) is 0 Å². The number of quaternary nitrogens is 1. The average molecular weight is 371 g/mol. The van der Waals surface area contributed by atoms with Gasteiger partial charge in [-0.3, -0.25) is 5.06 Å². The van der Waals surface area contributed by atoms with Gasteiger partial charge in [0.15, 0.2) is 0 Å². The Balaban J connectivity index is 3.12. The second-order valence-electron chi connectivity index (χ2n) is 7.73. The van der Waals surface area contributed by atoms with Gasteiger partial charge in [-0.1, -0.05) is 110 Å². The minimum absolute atomic E-state index is 0.274. The fraction of sp³-hybridized carbons (Fsp3) is 0.955. The van der Waals surface area contributed by atoms with E-state index in [1.807, 2.05) is 6.92 Å². The van der Waals surface area contributed by atoms with Crippen LogP contribution in [0.15, 0.2) is 0 Å². The molecule has 0 aromatic carbocycles. The monoisotopic (exact) mass is 370 g/mol. The lowest BCUT2D eigenvalue weighted by molar-refractivity contribution is -0.759. The lowest BCUT2D eigenvalue weighted by atomic mass is 10.0. The van der Waals surface area contributed by atoms with E-state index in [9.17, 15) is 10.0 Å². The molecule has 0 rings (SSSR count). The number of hydroxylamine groups is 2. The Kier molecular flexibility index (Phi) is 20.2. The summed E-state index contributed by atoms with van der Waals surface area (Å²) in [6.45, 7) is 5.20. The minimum atomic E-state index is -0.396.